The molecule has 0 saturated carbocycles. The van der Waals surface area contributed by atoms with Crippen molar-refractivity contribution in [3.05, 3.63) is 12.7 Å². The lowest BCUT2D eigenvalue weighted by atomic mass is 10.2. The average molecular weight is 226 g/mol. The van der Waals surface area contributed by atoms with Gasteiger partial charge in [0, 0.05) is 13.0 Å². The number of allylic oxidation sites excluding steroid dienone is 1. The highest BCUT2D eigenvalue weighted by atomic mass is 16.5. The van der Waals surface area contributed by atoms with Crippen LogP contribution in [0.2, 0.25) is 0 Å². The van der Waals surface area contributed by atoms with Crippen LogP contribution in [0, 0.1) is 0 Å². The van der Waals surface area contributed by atoms with Gasteiger partial charge in [-0.15, -0.1) is 6.58 Å². The molecule has 0 aromatic carbocycles. The lowest BCUT2D eigenvalue weighted by molar-refractivity contribution is -0.144. The summed E-state index contributed by atoms with van der Waals surface area (Å²) in [6.45, 7) is 4.43. The summed E-state index contributed by atoms with van der Waals surface area (Å²) in [5.41, 5.74) is 5.21. The van der Waals surface area contributed by atoms with Crippen LogP contribution >= 0.6 is 0 Å². The molecule has 90 valence electrons. The third-order valence-electron chi connectivity index (χ3n) is 2.65. The Morgan fingerprint density at radius 1 is 1.56 bits per heavy atom. The minimum absolute atomic E-state index is 0.0508. The first-order valence-corrected chi connectivity index (χ1v) is 5.47. The monoisotopic (exact) mass is 226 g/mol. The van der Waals surface area contributed by atoms with Crippen molar-refractivity contribution < 1.29 is 14.3 Å². The van der Waals surface area contributed by atoms with Crippen LogP contribution in [0.1, 0.15) is 25.7 Å². The van der Waals surface area contributed by atoms with E-state index >= 15 is 0 Å². The Balaban J connectivity index is 2.28. The third kappa shape index (κ3) is 3.56. The second-order valence-corrected chi connectivity index (χ2v) is 3.84. The molecule has 16 heavy (non-hydrogen) atoms. The van der Waals surface area contributed by atoms with E-state index in [1.807, 2.05) is 0 Å². The number of amides is 2. The molecule has 2 N–H and O–H groups in total. The SMILES string of the molecule is C=CCCC(=O)OCC1CCCN1C(N)=O. The molecule has 0 spiro atoms. The van der Waals surface area contributed by atoms with Gasteiger partial charge in [-0.2, -0.15) is 0 Å². The molecular weight excluding hydrogens is 208 g/mol. The van der Waals surface area contributed by atoms with Gasteiger partial charge in [0.25, 0.3) is 0 Å². The second kappa shape index (κ2) is 6.15. The van der Waals surface area contributed by atoms with Gasteiger partial charge in [-0.05, 0) is 19.3 Å². The molecule has 1 saturated heterocycles. The quantitative estimate of drug-likeness (QED) is 0.562. The summed E-state index contributed by atoms with van der Waals surface area (Å²) in [5.74, 6) is -0.253. The van der Waals surface area contributed by atoms with Crippen LogP contribution in [-0.4, -0.2) is 36.1 Å². The number of rotatable bonds is 5. The summed E-state index contributed by atoms with van der Waals surface area (Å²) >= 11 is 0. The lowest BCUT2D eigenvalue weighted by Crippen LogP contribution is -2.41. The van der Waals surface area contributed by atoms with Gasteiger partial charge >= 0.3 is 12.0 Å². The minimum atomic E-state index is -0.440. The first-order chi connectivity index (χ1) is 7.65. The van der Waals surface area contributed by atoms with Crippen molar-refractivity contribution in [1.29, 1.82) is 0 Å². The second-order valence-electron chi connectivity index (χ2n) is 3.84. The minimum Gasteiger partial charge on any atom is -0.463 e. The third-order valence-corrected chi connectivity index (χ3v) is 2.65. The van der Waals surface area contributed by atoms with Crippen molar-refractivity contribution in [3.63, 3.8) is 0 Å². The molecule has 1 heterocycles. The Labute approximate surface area is 95.2 Å². The van der Waals surface area contributed by atoms with Crippen LogP contribution < -0.4 is 5.73 Å². The summed E-state index contributed by atoms with van der Waals surface area (Å²) in [6.07, 6.45) is 4.39. The predicted molar refractivity (Wildman–Crippen MR) is 59.7 cm³/mol. The zero-order valence-corrected chi connectivity index (χ0v) is 9.35. The molecule has 0 aromatic heterocycles. The fraction of sp³-hybridized carbons (Fsp3) is 0.636. The average Bonchev–Trinajstić information content (AvgIpc) is 2.71. The van der Waals surface area contributed by atoms with E-state index < -0.39 is 6.03 Å². The van der Waals surface area contributed by atoms with Gasteiger partial charge < -0.3 is 15.4 Å². The van der Waals surface area contributed by atoms with Gasteiger partial charge in [0.1, 0.15) is 6.61 Å². The predicted octanol–water partition coefficient (Wildman–Crippen LogP) is 1.04. The maximum Gasteiger partial charge on any atom is 0.315 e. The zero-order chi connectivity index (χ0) is 12.0. The molecule has 1 aliphatic heterocycles. The summed E-state index contributed by atoms with van der Waals surface area (Å²) in [6, 6.07) is -0.491. The van der Waals surface area contributed by atoms with E-state index in [-0.39, 0.29) is 18.6 Å². The Morgan fingerprint density at radius 3 is 2.94 bits per heavy atom. The first kappa shape index (κ1) is 12.5. The van der Waals surface area contributed by atoms with E-state index in [9.17, 15) is 9.59 Å². The van der Waals surface area contributed by atoms with E-state index in [4.69, 9.17) is 10.5 Å². The van der Waals surface area contributed by atoms with Crippen molar-refractivity contribution in [2.24, 2.45) is 5.73 Å². The van der Waals surface area contributed by atoms with Crippen molar-refractivity contribution in [2.75, 3.05) is 13.2 Å². The number of carbonyl (C=O) groups excluding carboxylic acids is 2. The molecule has 0 bridgehead atoms. The molecule has 1 unspecified atom stereocenters. The van der Waals surface area contributed by atoms with Crippen molar-refractivity contribution >= 4 is 12.0 Å². The molecule has 1 aliphatic rings. The molecule has 1 atom stereocenters. The number of carbonyl (C=O) groups is 2. The summed E-state index contributed by atoms with van der Waals surface area (Å²) < 4.78 is 5.07. The maximum atomic E-state index is 11.2. The van der Waals surface area contributed by atoms with E-state index in [0.717, 1.165) is 12.8 Å². The number of primary amides is 1. The highest BCUT2D eigenvalue weighted by Gasteiger charge is 2.27. The largest absolute Gasteiger partial charge is 0.463 e. The topological polar surface area (TPSA) is 72.6 Å². The van der Waals surface area contributed by atoms with Gasteiger partial charge in [-0.1, -0.05) is 6.08 Å². The number of urea groups is 1. The number of nitrogens with zero attached hydrogens (tertiary/aromatic N) is 1. The Morgan fingerprint density at radius 2 is 2.31 bits per heavy atom. The molecule has 1 fully saturated rings. The maximum absolute atomic E-state index is 11.2. The van der Waals surface area contributed by atoms with Crippen molar-refractivity contribution in [1.82, 2.24) is 4.90 Å². The lowest BCUT2D eigenvalue weighted by Gasteiger charge is -2.22. The van der Waals surface area contributed by atoms with Crippen LogP contribution in [0.25, 0.3) is 0 Å². The molecular formula is C11H18N2O3. The highest BCUT2D eigenvalue weighted by molar-refractivity contribution is 5.73. The number of esters is 1. The number of likely N-dealkylation sites (tertiary alicyclic amines) is 1. The van der Waals surface area contributed by atoms with E-state index in [1.54, 1.807) is 11.0 Å². The van der Waals surface area contributed by atoms with E-state index in [1.165, 1.54) is 0 Å². The van der Waals surface area contributed by atoms with Crippen LogP contribution in [0.15, 0.2) is 12.7 Å². The van der Waals surface area contributed by atoms with Gasteiger partial charge in [0.15, 0.2) is 0 Å². The Hall–Kier alpha value is -1.52. The van der Waals surface area contributed by atoms with Crippen LogP contribution in [0.4, 0.5) is 4.79 Å². The molecule has 0 radical (unpaired) electrons. The van der Waals surface area contributed by atoms with Gasteiger partial charge in [-0.3, -0.25) is 4.79 Å². The van der Waals surface area contributed by atoms with Crippen LogP contribution in [-0.2, 0) is 9.53 Å². The number of hydrogen-bond acceptors (Lipinski definition) is 3. The molecule has 0 aliphatic carbocycles. The van der Waals surface area contributed by atoms with Gasteiger partial charge in [0.05, 0.1) is 6.04 Å². The fourth-order valence-corrected chi connectivity index (χ4v) is 1.78. The van der Waals surface area contributed by atoms with Gasteiger partial charge in [-0.25, -0.2) is 4.79 Å². The number of ether oxygens (including phenoxy) is 1. The highest BCUT2D eigenvalue weighted by Crippen LogP contribution is 2.17. The zero-order valence-electron chi connectivity index (χ0n) is 9.35. The van der Waals surface area contributed by atoms with Crippen LogP contribution in [0.5, 0.6) is 0 Å². The molecule has 0 aromatic rings. The Kier molecular flexibility index (Phi) is 4.82. The first-order valence-electron chi connectivity index (χ1n) is 5.47. The fourth-order valence-electron chi connectivity index (χ4n) is 1.78. The summed E-state index contributed by atoms with van der Waals surface area (Å²) in [7, 11) is 0. The van der Waals surface area contributed by atoms with E-state index in [2.05, 4.69) is 6.58 Å². The number of nitrogens with two attached hydrogens (primary N) is 1. The standard InChI is InChI=1S/C11H18N2O3/c1-2-3-6-10(14)16-8-9-5-4-7-13(9)11(12)15/h2,9H,1,3-8H2,(H2,12,15). The molecule has 5 heteroatoms. The summed E-state index contributed by atoms with van der Waals surface area (Å²) in [4.78, 5) is 23.8. The molecule has 2 amide bonds. The summed E-state index contributed by atoms with van der Waals surface area (Å²) in [5, 5.41) is 0. The normalized spacial score (nSPS) is 19.5. The smallest absolute Gasteiger partial charge is 0.315 e. The molecule has 5 nitrogen and oxygen atoms in total. The van der Waals surface area contributed by atoms with E-state index in [0.29, 0.717) is 19.4 Å². The van der Waals surface area contributed by atoms with Crippen molar-refractivity contribution in [2.45, 2.75) is 31.7 Å². The van der Waals surface area contributed by atoms with Gasteiger partial charge in [0.2, 0.25) is 0 Å². The van der Waals surface area contributed by atoms with Crippen LogP contribution in [0.3, 0.4) is 0 Å². The number of hydrogen-bond donors (Lipinski definition) is 1. The Bertz CT molecular complexity index is 278. The van der Waals surface area contributed by atoms with Crippen molar-refractivity contribution in [3.8, 4) is 0 Å². The molecule has 1 rings (SSSR count).